The number of imide groups is 1. The van der Waals surface area contributed by atoms with E-state index in [4.69, 9.17) is 14.2 Å². The van der Waals surface area contributed by atoms with Crippen molar-refractivity contribution in [1.29, 1.82) is 0 Å². The summed E-state index contributed by atoms with van der Waals surface area (Å²) in [6.45, 7) is 7.40. The van der Waals surface area contributed by atoms with Gasteiger partial charge in [0, 0.05) is 5.56 Å². The molecule has 0 radical (unpaired) electrons. The van der Waals surface area contributed by atoms with Crippen LogP contribution in [0.3, 0.4) is 0 Å². The van der Waals surface area contributed by atoms with E-state index in [1.165, 1.54) is 0 Å². The Balaban J connectivity index is 1.41. The van der Waals surface area contributed by atoms with E-state index in [2.05, 4.69) is 15.5 Å². The van der Waals surface area contributed by atoms with E-state index in [9.17, 15) is 19.3 Å². The summed E-state index contributed by atoms with van der Waals surface area (Å²) in [6.07, 6.45) is 1.86. The van der Waals surface area contributed by atoms with E-state index in [0.29, 0.717) is 37.4 Å². The molecule has 2 unspecified atom stereocenters. The second-order valence-electron chi connectivity index (χ2n) is 9.41. The molecule has 2 aliphatic rings. The van der Waals surface area contributed by atoms with Crippen molar-refractivity contribution < 1.29 is 33.4 Å². The van der Waals surface area contributed by atoms with Gasteiger partial charge in [0.05, 0.1) is 5.25 Å². The van der Waals surface area contributed by atoms with Gasteiger partial charge in [-0.15, -0.1) is 4.91 Å². The zero-order valence-electron chi connectivity index (χ0n) is 21.0. The van der Waals surface area contributed by atoms with Gasteiger partial charge in [-0.3, -0.25) is 14.9 Å². The number of carbonyl (C=O) groups is 3. The highest BCUT2D eigenvalue weighted by molar-refractivity contribution is 8.15. The van der Waals surface area contributed by atoms with Gasteiger partial charge in [-0.2, -0.15) is 0 Å². The maximum absolute atomic E-state index is 12.0. The first-order valence-electron chi connectivity index (χ1n) is 11.8. The summed E-state index contributed by atoms with van der Waals surface area (Å²) in [5, 5.41) is 3.81. The lowest BCUT2D eigenvalue weighted by molar-refractivity contribution is -0.139. The number of rotatable bonds is 9. The summed E-state index contributed by atoms with van der Waals surface area (Å²) >= 11 is 1.01. The first-order chi connectivity index (χ1) is 17.6. The molecule has 1 N–H and O–H groups in total. The van der Waals surface area contributed by atoms with Gasteiger partial charge in [-0.25, -0.2) is 4.79 Å². The average molecular weight is 529 g/mol. The first kappa shape index (κ1) is 26.5. The Morgan fingerprint density at radius 1 is 1.16 bits per heavy atom. The maximum atomic E-state index is 12.0. The number of thioether (sulfide) groups is 1. The summed E-state index contributed by atoms with van der Waals surface area (Å²) in [5.41, 5.74) is 3.77. The van der Waals surface area contributed by atoms with Gasteiger partial charge >= 0.3 is 5.97 Å². The molecule has 0 spiro atoms. The fourth-order valence-electron chi connectivity index (χ4n) is 4.46. The van der Waals surface area contributed by atoms with Crippen molar-refractivity contribution in [2.75, 3.05) is 13.2 Å². The monoisotopic (exact) mass is 528 g/mol. The van der Waals surface area contributed by atoms with Crippen LogP contribution in [-0.4, -0.2) is 41.2 Å². The number of fused-ring (bicyclic) bond motifs is 1. The Kier molecular flexibility index (Phi) is 7.72. The van der Waals surface area contributed by atoms with Crippen LogP contribution in [0.15, 0.2) is 29.6 Å². The van der Waals surface area contributed by atoms with Crippen LogP contribution in [0.4, 0.5) is 4.79 Å². The largest absolute Gasteiger partial charge is 0.489 e. The molecular formula is C26H28N2O8S. The Hall–Kier alpha value is -3.60. The standard InChI is InChI=1S/C26H28N2O8S/c1-14-15(2)23-19(16(3)22(14)35-21(29)12-34-28-32)9-10-26(4,36-23)13-33-18-7-5-17(6-8-18)11-20-24(30)27-25(31)37-20/h5-8,20H,9-13H2,1-4H3,(H,27,30,31). The Labute approximate surface area is 218 Å². The summed E-state index contributed by atoms with van der Waals surface area (Å²) < 4.78 is 18.0. The summed E-state index contributed by atoms with van der Waals surface area (Å²) in [5.74, 6) is 0.919. The normalized spacial score (nSPS) is 20.5. The second-order valence-corrected chi connectivity index (χ2v) is 10.6. The van der Waals surface area contributed by atoms with Gasteiger partial charge < -0.3 is 19.0 Å². The van der Waals surface area contributed by atoms with Crippen LogP contribution in [0.2, 0.25) is 0 Å². The number of esters is 1. The molecule has 1 fully saturated rings. The third-order valence-corrected chi connectivity index (χ3v) is 7.65. The number of benzene rings is 2. The third kappa shape index (κ3) is 5.87. The fraction of sp³-hybridized carbons (Fsp3) is 0.423. The van der Waals surface area contributed by atoms with Gasteiger partial charge in [-0.05, 0) is 81.3 Å². The van der Waals surface area contributed by atoms with E-state index in [0.717, 1.165) is 45.3 Å². The van der Waals surface area contributed by atoms with Crippen molar-refractivity contribution in [1.82, 2.24) is 5.32 Å². The van der Waals surface area contributed by atoms with Crippen molar-refractivity contribution >= 4 is 28.9 Å². The first-order valence-corrected chi connectivity index (χ1v) is 12.7. The van der Waals surface area contributed by atoms with Gasteiger partial charge in [-0.1, -0.05) is 23.9 Å². The van der Waals surface area contributed by atoms with Crippen LogP contribution in [0.5, 0.6) is 17.2 Å². The van der Waals surface area contributed by atoms with E-state index in [1.807, 2.05) is 52.0 Å². The minimum atomic E-state index is -0.704. The number of hydrogen-bond acceptors (Lipinski definition) is 10. The number of nitrogens with one attached hydrogen (secondary N) is 1. The lowest BCUT2D eigenvalue weighted by Gasteiger charge is -2.37. The molecule has 2 atom stereocenters. The highest BCUT2D eigenvalue weighted by atomic mass is 32.2. The van der Waals surface area contributed by atoms with Gasteiger partial charge in [0.2, 0.25) is 12.5 Å². The van der Waals surface area contributed by atoms with Gasteiger partial charge in [0.1, 0.15) is 29.5 Å². The maximum Gasteiger partial charge on any atom is 0.352 e. The van der Waals surface area contributed by atoms with Crippen LogP contribution < -0.4 is 19.5 Å². The smallest absolute Gasteiger partial charge is 0.352 e. The Morgan fingerprint density at radius 3 is 2.54 bits per heavy atom. The van der Waals surface area contributed by atoms with Crippen LogP contribution in [0, 0.1) is 25.7 Å². The van der Waals surface area contributed by atoms with Crippen molar-refractivity contribution in [3.63, 3.8) is 0 Å². The van der Waals surface area contributed by atoms with Crippen LogP contribution in [0.1, 0.15) is 41.2 Å². The number of carbonyl (C=O) groups excluding carboxylic acids is 3. The van der Waals surface area contributed by atoms with Crippen molar-refractivity contribution in [3.8, 4) is 17.2 Å². The number of nitrogens with zero attached hydrogens (tertiary/aromatic N) is 1. The summed E-state index contributed by atoms with van der Waals surface area (Å²) in [6, 6.07) is 7.47. The Morgan fingerprint density at radius 2 is 1.89 bits per heavy atom. The van der Waals surface area contributed by atoms with Crippen molar-refractivity contribution in [3.05, 3.63) is 57.0 Å². The summed E-state index contributed by atoms with van der Waals surface area (Å²) in [4.78, 5) is 49.5. The van der Waals surface area contributed by atoms with Gasteiger partial charge in [0.15, 0.2) is 5.34 Å². The summed E-state index contributed by atoms with van der Waals surface area (Å²) in [7, 11) is 0. The minimum absolute atomic E-state index is 0.256. The molecule has 2 aliphatic heterocycles. The highest BCUT2D eigenvalue weighted by Gasteiger charge is 2.36. The lowest BCUT2D eigenvalue weighted by atomic mass is 9.87. The molecule has 4 rings (SSSR count). The van der Waals surface area contributed by atoms with E-state index in [-0.39, 0.29) is 11.1 Å². The number of ether oxygens (including phenoxy) is 3. The molecule has 0 aliphatic carbocycles. The van der Waals surface area contributed by atoms with E-state index >= 15 is 0 Å². The second kappa shape index (κ2) is 10.8. The molecule has 2 heterocycles. The molecule has 1 saturated heterocycles. The van der Waals surface area contributed by atoms with E-state index in [1.54, 1.807) is 0 Å². The average Bonchev–Trinajstić information content (AvgIpc) is 3.19. The third-order valence-electron chi connectivity index (χ3n) is 6.67. The number of hydrogen-bond donors (Lipinski definition) is 1. The molecule has 2 amide bonds. The van der Waals surface area contributed by atoms with Crippen molar-refractivity contribution in [2.45, 2.75) is 57.8 Å². The van der Waals surface area contributed by atoms with Crippen molar-refractivity contribution in [2.24, 2.45) is 5.34 Å². The molecule has 11 heteroatoms. The molecular weight excluding hydrogens is 500 g/mol. The molecule has 2 aromatic rings. The number of amides is 2. The SMILES string of the molecule is Cc1c(C)c2c(c(C)c1OC(=O)CON=O)CCC(C)(COc1ccc(CC3SC(=O)NC3=O)cc1)O2. The molecule has 0 aromatic heterocycles. The lowest BCUT2D eigenvalue weighted by Crippen LogP contribution is -2.42. The molecule has 0 saturated carbocycles. The molecule has 2 aromatic carbocycles. The topological polar surface area (TPSA) is 130 Å². The zero-order valence-corrected chi connectivity index (χ0v) is 21.9. The predicted octanol–water partition coefficient (Wildman–Crippen LogP) is 4.27. The molecule has 196 valence electrons. The minimum Gasteiger partial charge on any atom is -0.489 e. The molecule has 10 nitrogen and oxygen atoms in total. The Bertz CT molecular complexity index is 1250. The molecule has 0 bridgehead atoms. The zero-order chi connectivity index (χ0) is 26.7. The predicted molar refractivity (Wildman–Crippen MR) is 136 cm³/mol. The molecule has 37 heavy (non-hydrogen) atoms. The van der Waals surface area contributed by atoms with Crippen LogP contribution in [0.25, 0.3) is 0 Å². The fourth-order valence-corrected chi connectivity index (χ4v) is 5.32. The van der Waals surface area contributed by atoms with Crippen LogP contribution in [-0.2, 0) is 27.3 Å². The van der Waals surface area contributed by atoms with Crippen LogP contribution >= 0.6 is 11.8 Å². The quantitative estimate of drug-likeness (QED) is 0.219. The van der Waals surface area contributed by atoms with E-state index < -0.39 is 23.4 Å². The highest BCUT2D eigenvalue weighted by Crippen LogP contribution is 2.44. The van der Waals surface area contributed by atoms with Gasteiger partial charge in [0.25, 0.3) is 5.24 Å².